The van der Waals surface area contributed by atoms with E-state index in [2.05, 4.69) is 55.4 Å². The van der Waals surface area contributed by atoms with Crippen molar-refractivity contribution < 1.29 is 4.42 Å². The Kier molecular flexibility index (Phi) is 2.92. The molecule has 0 radical (unpaired) electrons. The van der Waals surface area contributed by atoms with Crippen molar-refractivity contribution in [1.82, 2.24) is 0 Å². The molecule has 0 bridgehead atoms. The highest BCUT2D eigenvalue weighted by molar-refractivity contribution is 5.99. The normalized spacial score (nSPS) is 15.2. The van der Waals surface area contributed by atoms with Gasteiger partial charge in [-0.2, -0.15) is 0 Å². The van der Waals surface area contributed by atoms with Gasteiger partial charge in [0.05, 0.1) is 0 Å². The van der Waals surface area contributed by atoms with Crippen LogP contribution in [0.4, 0.5) is 0 Å². The molecule has 1 heteroatoms. The Morgan fingerprint density at radius 2 is 1.52 bits per heavy atom. The lowest BCUT2D eigenvalue weighted by Crippen LogP contribution is -2.15. The molecule has 0 saturated carbocycles. The average Bonchev–Trinajstić information content (AvgIpc) is 2.80. The first kappa shape index (κ1) is 14.4. The van der Waals surface area contributed by atoms with Crippen LogP contribution in [-0.4, -0.2) is 0 Å². The fraction of sp³-hybridized carbons (Fsp3) is 0.500. The summed E-state index contributed by atoms with van der Waals surface area (Å²) < 4.78 is 6.22. The van der Waals surface area contributed by atoms with E-state index in [4.69, 9.17) is 4.42 Å². The Bertz CT molecular complexity index is 792. The molecule has 0 N–H and O–H groups in total. The number of hydrogen-bond acceptors (Lipinski definition) is 1. The SMILES string of the molecule is CC1=C(C)c2c(c(C)c(C(C)(C)C)c3c(C)c(C)oc23)C1. The second kappa shape index (κ2) is 4.25. The topological polar surface area (TPSA) is 13.1 Å². The van der Waals surface area contributed by atoms with Gasteiger partial charge >= 0.3 is 0 Å². The molecule has 1 heterocycles. The number of benzene rings is 1. The zero-order valence-corrected chi connectivity index (χ0v) is 14.6. The first-order valence-electron chi connectivity index (χ1n) is 7.87. The van der Waals surface area contributed by atoms with Gasteiger partial charge in [-0.15, -0.1) is 0 Å². The van der Waals surface area contributed by atoms with Gasteiger partial charge in [-0.1, -0.05) is 26.3 Å². The summed E-state index contributed by atoms with van der Waals surface area (Å²) in [7, 11) is 0. The molecule has 0 aliphatic heterocycles. The molecule has 1 aliphatic carbocycles. The van der Waals surface area contributed by atoms with Crippen LogP contribution >= 0.6 is 0 Å². The maximum Gasteiger partial charge on any atom is 0.142 e. The van der Waals surface area contributed by atoms with Gasteiger partial charge in [-0.3, -0.25) is 0 Å². The van der Waals surface area contributed by atoms with Crippen molar-refractivity contribution >= 4 is 16.5 Å². The molecular formula is C20H26O. The molecular weight excluding hydrogens is 256 g/mol. The van der Waals surface area contributed by atoms with Crippen LogP contribution in [0.2, 0.25) is 0 Å². The van der Waals surface area contributed by atoms with E-state index in [-0.39, 0.29) is 5.41 Å². The lowest BCUT2D eigenvalue weighted by Gasteiger charge is -2.25. The van der Waals surface area contributed by atoms with E-state index in [1.54, 1.807) is 0 Å². The first-order chi connectivity index (χ1) is 9.64. The fourth-order valence-electron chi connectivity index (χ4n) is 3.93. The van der Waals surface area contributed by atoms with Crippen molar-refractivity contribution in [3.8, 4) is 0 Å². The lowest BCUT2D eigenvalue weighted by atomic mass is 9.78. The van der Waals surface area contributed by atoms with Crippen LogP contribution < -0.4 is 0 Å². The molecule has 0 atom stereocenters. The van der Waals surface area contributed by atoms with Crippen molar-refractivity contribution in [2.45, 2.75) is 67.2 Å². The van der Waals surface area contributed by atoms with Crippen molar-refractivity contribution in [3.05, 3.63) is 39.2 Å². The maximum absolute atomic E-state index is 6.22. The molecule has 0 saturated heterocycles. The van der Waals surface area contributed by atoms with E-state index >= 15 is 0 Å². The second-order valence-electron chi connectivity index (χ2n) is 7.67. The molecule has 2 aromatic rings. The lowest BCUT2D eigenvalue weighted by molar-refractivity contribution is 0.570. The van der Waals surface area contributed by atoms with Gasteiger partial charge < -0.3 is 4.42 Å². The Morgan fingerprint density at radius 3 is 2.10 bits per heavy atom. The number of hydrogen-bond donors (Lipinski definition) is 0. The van der Waals surface area contributed by atoms with Gasteiger partial charge in [0.1, 0.15) is 11.3 Å². The summed E-state index contributed by atoms with van der Waals surface area (Å²) in [6.45, 7) is 18.0. The van der Waals surface area contributed by atoms with Crippen molar-refractivity contribution in [1.29, 1.82) is 0 Å². The van der Waals surface area contributed by atoms with Gasteiger partial charge in [-0.25, -0.2) is 0 Å². The summed E-state index contributed by atoms with van der Waals surface area (Å²) >= 11 is 0. The van der Waals surface area contributed by atoms with Gasteiger partial charge in [0, 0.05) is 10.9 Å². The van der Waals surface area contributed by atoms with E-state index in [1.165, 1.54) is 44.3 Å². The summed E-state index contributed by atoms with van der Waals surface area (Å²) in [5.41, 5.74) is 11.2. The zero-order valence-electron chi connectivity index (χ0n) is 14.6. The molecule has 0 unspecified atom stereocenters. The molecule has 21 heavy (non-hydrogen) atoms. The number of furan rings is 1. The Morgan fingerprint density at radius 1 is 0.905 bits per heavy atom. The minimum Gasteiger partial charge on any atom is -0.460 e. The van der Waals surface area contributed by atoms with E-state index in [0.717, 1.165) is 17.8 Å². The van der Waals surface area contributed by atoms with E-state index in [9.17, 15) is 0 Å². The first-order valence-corrected chi connectivity index (χ1v) is 7.87. The number of rotatable bonds is 0. The second-order valence-corrected chi connectivity index (χ2v) is 7.67. The third-order valence-electron chi connectivity index (χ3n) is 5.20. The van der Waals surface area contributed by atoms with Crippen LogP contribution in [0.3, 0.4) is 0 Å². The predicted molar refractivity (Wildman–Crippen MR) is 91.1 cm³/mol. The quantitative estimate of drug-likeness (QED) is 0.577. The molecule has 0 amide bonds. The molecule has 112 valence electrons. The van der Waals surface area contributed by atoms with Gasteiger partial charge in [-0.05, 0) is 74.3 Å². The van der Waals surface area contributed by atoms with Crippen LogP contribution in [0.1, 0.15) is 68.2 Å². The van der Waals surface area contributed by atoms with Crippen LogP contribution in [-0.2, 0) is 11.8 Å². The molecule has 1 aromatic heterocycles. The third-order valence-corrected chi connectivity index (χ3v) is 5.20. The number of aryl methyl sites for hydroxylation is 2. The molecule has 3 rings (SSSR count). The summed E-state index contributed by atoms with van der Waals surface area (Å²) in [6, 6.07) is 0. The number of allylic oxidation sites excluding steroid dienone is 2. The molecule has 1 aliphatic rings. The predicted octanol–water partition coefficient (Wildman–Crippen LogP) is 6.01. The molecule has 1 nitrogen and oxygen atoms in total. The number of fused-ring (bicyclic) bond motifs is 3. The Labute approximate surface area is 128 Å². The standard InChI is InChI=1S/C20H26O/c1-10-9-15-13(4)18(20(6,7)8)17-12(3)14(5)21-19(17)16(15)11(10)2/h9H2,1-8H3. The smallest absolute Gasteiger partial charge is 0.142 e. The van der Waals surface area contributed by atoms with Gasteiger partial charge in [0.2, 0.25) is 0 Å². The van der Waals surface area contributed by atoms with Crippen LogP contribution in [0.25, 0.3) is 16.5 Å². The van der Waals surface area contributed by atoms with E-state index in [1.807, 2.05) is 0 Å². The highest BCUT2D eigenvalue weighted by Gasteiger charge is 2.31. The van der Waals surface area contributed by atoms with Crippen molar-refractivity contribution in [2.75, 3.05) is 0 Å². The monoisotopic (exact) mass is 282 g/mol. The van der Waals surface area contributed by atoms with Crippen LogP contribution in [0.5, 0.6) is 0 Å². The maximum atomic E-state index is 6.22. The summed E-state index contributed by atoms with van der Waals surface area (Å²) in [5, 5.41) is 1.35. The minimum atomic E-state index is 0.128. The highest BCUT2D eigenvalue weighted by Crippen LogP contribution is 2.46. The Hall–Kier alpha value is -1.50. The average molecular weight is 282 g/mol. The molecule has 1 aromatic carbocycles. The Balaban J connectivity index is 2.57. The van der Waals surface area contributed by atoms with Crippen molar-refractivity contribution in [3.63, 3.8) is 0 Å². The zero-order chi connectivity index (χ0) is 15.7. The van der Waals surface area contributed by atoms with Crippen LogP contribution in [0, 0.1) is 20.8 Å². The fourth-order valence-corrected chi connectivity index (χ4v) is 3.93. The summed E-state index contributed by atoms with van der Waals surface area (Å²) in [4.78, 5) is 0. The third kappa shape index (κ3) is 1.83. The summed E-state index contributed by atoms with van der Waals surface area (Å²) in [5.74, 6) is 1.06. The molecule has 0 fully saturated rings. The van der Waals surface area contributed by atoms with Crippen molar-refractivity contribution in [2.24, 2.45) is 0 Å². The van der Waals surface area contributed by atoms with Gasteiger partial charge in [0.25, 0.3) is 0 Å². The van der Waals surface area contributed by atoms with E-state index in [0.29, 0.717) is 0 Å². The largest absolute Gasteiger partial charge is 0.460 e. The minimum absolute atomic E-state index is 0.128. The molecule has 0 spiro atoms. The van der Waals surface area contributed by atoms with Gasteiger partial charge in [0.15, 0.2) is 0 Å². The summed E-state index contributed by atoms with van der Waals surface area (Å²) in [6.07, 6.45) is 1.07. The van der Waals surface area contributed by atoms with Crippen LogP contribution in [0.15, 0.2) is 9.99 Å². The highest BCUT2D eigenvalue weighted by atomic mass is 16.3. The van der Waals surface area contributed by atoms with E-state index < -0.39 is 0 Å².